The molecule has 0 saturated heterocycles. The lowest BCUT2D eigenvalue weighted by molar-refractivity contribution is -0.141. The monoisotopic (exact) mass is 559 g/mol. The van der Waals surface area contributed by atoms with Crippen LogP contribution in [0.1, 0.15) is 42.5 Å². The number of nitriles is 1. The van der Waals surface area contributed by atoms with Crippen LogP contribution in [0, 0.1) is 17.1 Å². The lowest BCUT2D eigenvalue weighted by atomic mass is 9.80. The van der Waals surface area contributed by atoms with Gasteiger partial charge in [0.05, 0.1) is 16.5 Å². The zero-order valence-electron chi connectivity index (χ0n) is 17.9. The molecule has 1 aromatic carbocycles. The average molecular weight is 559 g/mol. The maximum Gasteiger partial charge on any atom is 0.511 e. The molecule has 1 aromatic heterocycles. The Morgan fingerprint density at radius 2 is 1.61 bits per heavy atom. The van der Waals surface area contributed by atoms with Gasteiger partial charge in [0.2, 0.25) is 0 Å². The molecule has 1 heterocycles. The second-order valence-corrected chi connectivity index (χ2v) is 12.0. The summed E-state index contributed by atoms with van der Waals surface area (Å²) in [6.45, 7) is 0. The molecule has 0 radical (unpaired) electrons. The molecule has 36 heavy (non-hydrogen) atoms. The lowest BCUT2D eigenvalue weighted by Crippen LogP contribution is -2.48. The topological polar surface area (TPSA) is 117 Å². The molecular formula is C20H16F7N3O4S2. The zero-order valence-corrected chi connectivity index (χ0v) is 19.5. The SMILES string of the molecule is N#Cc1ccc(F)c(C2(S(=O)(=O)c3ccc(C(F)(F)F)nc3)CCC(NS(=O)(=O)C(F)(F)F)CC2)c1. The molecule has 2 aromatic rings. The quantitative estimate of drug-likeness (QED) is 0.550. The molecule has 0 unspecified atom stereocenters. The second-order valence-electron chi connectivity index (χ2n) is 8.02. The number of benzene rings is 1. The van der Waals surface area contributed by atoms with Crippen molar-refractivity contribution in [3.8, 4) is 6.07 Å². The van der Waals surface area contributed by atoms with Gasteiger partial charge in [-0.1, -0.05) is 0 Å². The fourth-order valence-electron chi connectivity index (χ4n) is 4.05. The van der Waals surface area contributed by atoms with E-state index >= 15 is 0 Å². The highest BCUT2D eigenvalue weighted by Gasteiger charge is 2.52. The molecule has 3 rings (SSSR count). The molecule has 0 bridgehead atoms. The van der Waals surface area contributed by atoms with E-state index in [0.29, 0.717) is 18.3 Å². The summed E-state index contributed by atoms with van der Waals surface area (Å²) < 4.78 is 141. The van der Waals surface area contributed by atoms with E-state index in [2.05, 4.69) is 4.98 Å². The van der Waals surface area contributed by atoms with E-state index in [0.717, 1.165) is 18.2 Å². The molecule has 7 nitrogen and oxygen atoms in total. The maximum absolute atomic E-state index is 14.9. The van der Waals surface area contributed by atoms with Crippen LogP contribution in [-0.2, 0) is 30.8 Å². The first-order valence-corrected chi connectivity index (χ1v) is 13.0. The van der Waals surface area contributed by atoms with Crippen LogP contribution < -0.4 is 4.72 Å². The number of sulfone groups is 1. The summed E-state index contributed by atoms with van der Waals surface area (Å²) in [6, 6.07) is 4.19. The van der Waals surface area contributed by atoms with E-state index in [1.54, 1.807) is 6.07 Å². The van der Waals surface area contributed by atoms with Crippen molar-refractivity contribution in [2.75, 3.05) is 0 Å². The lowest BCUT2D eigenvalue weighted by Gasteiger charge is -2.40. The molecule has 1 N–H and O–H groups in total. The highest BCUT2D eigenvalue weighted by molar-refractivity contribution is 7.92. The number of halogens is 7. The Morgan fingerprint density at radius 3 is 2.08 bits per heavy atom. The predicted octanol–water partition coefficient (Wildman–Crippen LogP) is 4.16. The number of aromatic nitrogens is 1. The van der Waals surface area contributed by atoms with Crippen molar-refractivity contribution in [3.05, 3.63) is 59.2 Å². The van der Waals surface area contributed by atoms with Gasteiger partial charge in [-0.15, -0.1) is 0 Å². The van der Waals surface area contributed by atoms with Crippen molar-refractivity contribution in [2.45, 2.75) is 53.1 Å². The fraction of sp³-hybridized carbons (Fsp3) is 0.400. The summed E-state index contributed by atoms with van der Waals surface area (Å²) in [6.07, 6.45) is -6.62. The number of pyridine rings is 1. The number of sulfonamides is 1. The van der Waals surface area contributed by atoms with E-state index in [9.17, 15) is 52.8 Å². The van der Waals surface area contributed by atoms with Crippen molar-refractivity contribution in [2.24, 2.45) is 0 Å². The van der Waals surface area contributed by atoms with Crippen LogP contribution in [0.3, 0.4) is 0 Å². The molecule has 0 aliphatic heterocycles. The standard InChI is InChI=1S/C20H16F7N3O4S2/c21-16-3-1-12(10-28)9-15(16)18(7-5-13(6-8-18)30-36(33,34)20(25,26)27)35(31,32)14-2-4-17(29-11-14)19(22,23)24/h1-4,9,11,13,30H,5-8H2. The number of rotatable bonds is 5. The summed E-state index contributed by atoms with van der Waals surface area (Å²) in [5.74, 6) is -1.08. The van der Waals surface area contributed by atoms with Crippen LogP contribution in [0.4, 0.5) is 30.7 Å². The van der Waals surface area contributed by atoms with Crippen molar-refractivity contribution >= 4 is 19.9 Å². The largest absolute Gasteiger partial charge is 0.511 e. The third kappa shape index (κ3) is 5.04. The summed E-state index contributed by atoms with van der Waals surface area (Å²) in [4.78, 5) is 2.40. The van der Waals surface area contributed by atoms with E-state index in [1.165, 1.54) is 4.72 Å². The fourth-order valence-corrected chi connectivity index (χ4v) is 6.96. The first-order valence-electron chi connectivity index (χ1n) is 10.0. The molecule has 1 saturated carbocycles. The predicted molar refractivity (Wildman–Crippen MR) is 110 cm³/mol. The molecule has 0 spiro atoms. The maximum atomic E-state index is 14.9. The third-order valence-corrected chi connectivity index (χ3v) is 9.63. The van der Waals surface area contributed by atoms with E-state index < -0.39 is 90.0 Å². The highest BCUT2D eigenvalue weighted by Crippen LogP contribution is 2.48. The molecule has 0 atom stereocenters. The summed E-state index contributed by atoms with van der Waals surface area (Å²) in [5.41, 5.74) is -7.67. The number of nitrogens with one attached hydrogen (secondary N) is 1. The Hall–Kier alpha value is -2.77. The van der Waals surface area contributed by atoms with Gasteiger partial charge in [0, 0.05) is 17.8 Å². The number of nitrogens with zero attached hydrogens (tertiary/aromatic N) is 2. The van der Waals surface area contributed by atoms with Crippen LogP contribution in [-0.4, -0.2) is 33.4 Å². The van der Waals surface area contributed by atoms with Gasteiger partial charge in [0.1, 0.15) is 16.3 Å². The molecule has 0 amide bonds. The van der Waals surface area contributed by atoms with Crippen LogP contribution in [0.5, 0.6) is 0 Å². The molecule has 1 aliphatic carbocycles. The molecule has 196 valence electrons. The van der Waals surface area contributed by atoms with Crippen molar-refractivity contribution in [3.63, 3.8) is 0 Å². The Balaban J connectivity index is 2.09. The van der Waals surface area contributed by atoms with Gasteiger partial charge < -0.3 is 0 Å². The molecular weight excluding hydrogens is 543 g/mol. The summed E-state index contributed by atoms with van der Waals surface area (Å²) in [7, 11) is -10.5. The van der Waals surface area contributed by atoms with Crippen molar-refractivity contribution in [1.29, 1.82) is 5.26 Å². The normalized spacial score (nSPS) is 21.7. The van der Waals surface area contributed by atoms with Crippen LogP contribution >= 0.6 is 0 Å². The van der Waals surface area contributed by atoms with Crippen LogP contribution in [0.15, 0.2) is 41.4 Å². The summed E-state index contributed by atoms with van der Waals surface area (Å²) in [5, 5.41) is 9.19. The van der Waals surface area contributed by atoms with Gasteiger partial charge in [-0.25, -0.2) is 25.9 Å². The zero-order chi connectivity index (χ0) is 27.2. The second kappa shape index (κ2) is 9.27. The first kappa shape index (κ1) is 27.8. The van der Waals surface area contributed by atoms with E-state index in [1.807, 2.05) is 0 Å². The Bertz CT molecular complexity index is 1390. The first-order chi connectivity index (χ1) is 16.4. The van der Waals surface area contributed by atoms with Gasteiger partial charge in [-0.05, 0) is 56.0 Å². The minimum atomic E-state index is -5.76. The van der Waals surface area contributed by atoms with Crippen LogP contribution in [0.25, 0.3) is 0 Å². The van der Waals surface area contributed by atoms with E-state index in [4.69, 9.17) is 0 Å². The smallest absolute Gasteiger partial charge is 0.250 e. The number of hydrogen-bond donors (Lipinski definition) is 1. The molecule has 16 heteroatoms. The third-order valence-electron chi connectivity index (χ3n) is 5.86. The van der Waals surface area contributed by atoms with Crippen molar-refractivity contribution < 1.29 is 47.6 Å². The van der Waals surface area contributed by atoms with Gasteiger partial charge >= 0.3 is 21.7 Å². The number of hydrogen-bond acceptors (Lipinski definition) is 6. The average Bonchev–Trinajstić information content (AvgIpc) is 2.78. The minimum Gasteiger partial charge on any atom is -0.250 e. The Labute approximate surface area is 200 Å². The molecule has 1 fully saturated rings. The van der Waals surface area contributed by atoms with Gasteiger partial charge in [0.15, 0.2) is 9.84 Å². The number of alkyl halides is 6. The van der Waals surface area contributed by atoms with Crippen molar-refractivity contribution in [1.82, 2.24) is 9.71 Å². The Morgan fingerprint density at radius 1 is 1.00 bits per heavy atom. The van der Waals surface area contributed by atoms with Crippen LogP contribution in [0.2, 0.25) is 0 Å². The van der Waals surface area contributed by atoms with Gasteiger partial charge in [-0.3, -0.25) is 4.98 Å². The highest BCUT2D eigenvalue weighted by atomic mass is 32.2. The van der Waals surface area contributed by atoms with Gasteiger partial charge in [0.25, 0.3) is 0 Å². The van der Waals surface area contributed by atoms with E-state index in [-0.39, 0.29) is 5.56 Å². The summed E-state index contributed by atoms with van der Waals surface area (Å²) >= 11 is 0. The molecule has 1 aliphatic rings. The van der Waals surface area contributed by atoms with Gasteiger partial charge in [-0.2, -0.15) is 31.6 Å². The minimum absolute atomic E-state index is 0.147. The Kier molecular flexibility index (Phi) is 7.16.